The Morgan fingerprint density at radius 3 is 3.04 bits per heavy atom. The van der Waals surface area contributed by atoms with Crippen LogP contribution in [0.2, 0.25) is 0 Å². The van der Waals surface area contributed by atoms with Gasteiger partial charge in [0, 0.05) is 31.2 Å². The third-order valence-corrected chi connectivity index (χ3v) is 4.59. The third kappa shape index (κ3) is 2.73. The van der Waals surface area contributed by atoms with Gasteiger partial charge in [0.1, 0.15) is 17.1 Å². The Morgan fingerprint density at radius 1 is 1.38 bits per heavy atom. The van der Waals surface area contributed by atoms with Crippen LogP contribution in [0.5, 0.6) is 5.88 Å². The van der Waals surface area contributed by atoms with Gasteiger partial charge in [0.25, 0.3) is 5.91 Å². The van der Waals surface area contributed by atoms with Gasteiger partial charge in [-0.05, 0) is 31.9 Å². The second kappa shape index (κ2) is 6.29. The molecule has 4 heterocycles. The van der Waals surface area contributed by atoms with Crippen LogP contribution in [0.15, 0.2) is 30.6 Å². The van der Waals surface area contributed by atoms with Gasteiger partial charge in [-0.15, -0.1) is 5.10 Å². The predicted molar refractivity (Wildman–Crippen MR) is 96.2 cm³/mol. The van der Waals surface area contributed by atoms with Crippen molar-refractivity contribution in [3.8, 4) is 17.4 Å². The quantitative estimate of drug-likeness (QED) is 0.779. The lowest BCUT2D eigenvalue weighted by atomic mass is 10.2. The van der Waals surface area contributed by atoms with E-state index in [-0.39, 0.29) is 11.8 Å². The van der Waals surface area contributed by atoms with E-state index in [4.69, 9.17) is 4.74 Å². The molecule has 4 rings (SSSR count). The maximum absolute atomic E-state index is 12.5. The molecule has 0 fully saturated rings. The number of ether oxygens (including phenoxy) is 1. The maximum atomic E-state index is 12.5. The van der Waals surface area contributed by atoms with Crippen LogP contribution in [0.25, 0.3) is 11.5 Å². The lowest BCUT2D eigenvalue weighted by Gasteiger charge is -2.11. The van der Waals surface area contributed by atoms with Crippen molar-refractivity contribution in [1.29, 1.82) is 0 Å². The number of nitrogens with one attached hydrogen (secondary N) is 1. The molecule has 1 aliphatic rings. The summed E-state index contributed by atoms with van der Waals surface area (Å²) in [5.74, 6) is 1.25. The average molecular weight is 352 g/mol. The number of amides is 1. The lowest BCUT2D eigenvalue weighted by molar-refractivity contribution is 0.102. The fraction of sp³-hybridized carbons (Fsp3) is 0.333. The molecular weight excluding hydrogens is 332 g/mol. The van der Waals surface area contributed by atoms with Gasteiger partial charge in [-0.25, -0.2) is 9.97 Å². The van der Waals surface area contributed by atoms with Crippen LogP contribution in [0, 0.1) is 0 Å². The lowest BCUT2D eigenvalue weighted by Crippen LogP contribution is -2.13. The van der Waals surface area contributed by atoms with Crippen LogP contribution >= 0.6 is 0 Å². The molecule has 134 valence electrons. The van der Waals surface area contributed by atoms with Crippen LogP contribution in [0.4, 0.5) is 5.82 Å². The summed E-state index contributed by atoms with van der Waals surface area (Å²) in [6.45, 7) is 2.18. The van der Waals surface area contributed by atoms with E-state index in [1.54, 1.807) is 19.3 Å². The fourth-order valence-electron chi connectivity index (χ4n) is 3.34. The molecule has 0 bridgehead atoms. The van der Waals surface area contributed by atoms with Gasteiger partial charge in [0.15, 0.2) is 5.82 Å². The van der Waals surface area contributed by atoms with Crippen LogP contribution < -0.4 is 10.1 Å². The van der Waals surface area contributed by atoms with Crippen molar-refractivity contribution in [3.63, 3.8) is 0 Å². The zero-order valence-electron chi connectivity index (χ0n) is 14.9. The number of rotatable bonds is 4. The summed E-state index contributed by atoms with van der Waals surface area (Å²) in [5.41, 5.74) is 2.32. The molecule has 0 aliphatic carbocycles. The molecular formula is C18H20N6O2. The zero-order valence-corrected chi connectivity index (χ0v) is 14.9. The topological polar surface area (TPSA) is 86.9 Å². The molecule has 0 aromatic carbocycles. The Morgan fingerprint density at radius 2 is 2.23 bits per heavy atom. The van der Waals surface area contributed by atoms with Crippen molar-refractivity contribution in [2.24, 2.45) is 7.05 Å². The molecule has 0 unspecified atom stereocenters. The number of pyridine rings is 1. The summed E-state index contributed by atoms with van der Waals surface area (Å²) < 4.78 is 8.90. The normalized spacial score (nSPS) is 15.7. The fourth-order valence-corrected chi connectivity index (χ4v) is 3.34. The standard InChI is InChI=1S/C18H20N6O2/c1-11-7-8-12-9-19-16(24(11)12)14-5-4-6-15(20-14)21-17(25)13-10-23(2)22-18(13)26-3/h4-6,9-11H,7-8H2,1-3H3,(H,20,21,25)/t11-/m0/s1. The minimum atomic E-state index is -0.318. The molecule has 8 nitrogen and oxygen atoms in total. The Kier molecular flexibility index (Phi) is 3.95. The summed E-state index contributed by atoms with van der Waals surface area (Å²) in [6.07, 6.45) is 5.67. The highest BCUT2D eigenvalue weighted by Crippen LogP contribution is 2.31. The summed E-state index contributed by atoms with van der Waals surface area (Å²) in [4.78, 5) is 21.6. The highest BCUT2D eigenvalue weighted by molar-refractivity contribution is 6.05. The smallest absolute Gasteiger partial charge is 0.263 e. The van der Waals surface area contributed by atoms with Crippen molar-refractivity contribution in [3.05, 3.63) is 41.9 Å². The monoisotopic (exact) mass is 352 g/mol. The van der Waals surface area contributed by atoms with Crippen molar-refractivity contribution in [1.82, 2.24) is 24.3 Å². The van der Waals surface area contributed by atoms with E-state index in [2.05, 4.69) is 31.9 Å². The highest BCUT2D eigenvalue weighted by Gasteiger charge is 2.23. The van der Waals surface area contributed by atoms with Gasteiger partial charge in [-0.2, -0.15) is 0 Å². The van der Waals surface area contributed by atoms with Crippen molar-refractivity contribution < 1.29 is 9.53 Å². The van der Waals surface area contributed by atoms with Gasteiger partial charge >= 0.3 is 0 Å². The van der Waals surface area contributed by atoms with E-state index in [1.165, 1.54) is 17.5 Å². The SMILES string of the molecule is COc1nn(C)cc1C(=O)Nc1cccc(-c2ncc3n2[C@@H](C)CC3)n1. The Balaban J connectivity index is 1.62. The molecule has 0 radical (unpaired) electrons. The molecule has 0 saturated heterocycles. The predicted octanol–water partition coefficient (Wildman–Crippen LogP) is 2.45. The molecule has 3 aromatic heterocycles. The molecule has 26 heavy (non-hydrogen) atoms. The van der Waals surface area contributed by atoms with Crippen LogP contribution in [0.3, 0.4) is 0 Å². The second-order valence-electron chi connectivity index (χ2n) is 6.42. The number of aryl methyl sites for hydroxylation is 2. The number of imidazole rings is 1. The molecule has 8 heteroatoms. The number of carbonyl (C=O) groups is 1. The van der Waals surface area contributed by atoms with Gasteiger partial charge in [-0.3, -0.25) is 9.48 Å². The first kappa shape index (κ1) is 16.3. The minimum Gasteiger partial charge on any atom is -0.479 e. The van der Waals surface area contributed by atoms with Gasteiger partial charge in [0.05, 0.1) is 7.11 Å². The van der Waals surface area contributed by atoms with E-state index in [0.29, 0.717) is 17.4 Å². The first-order valence-corrected chi connectivity index (χ1v) is 8.49. The molecule has 1 amide bonds. The Hall–Kier alpha value is -3.16. The number of hydrogen-bond acceptors (Lipinski definition) is 5. The van der Waals surface area contributed by atoms with Crippen LogP contribution in [-0.2, 0) is 13.5 Å². The summed E-state index contributed by atoms with van der Waals surface area (Å²) >= 11 is 0. The first-order valence-electron chi connectivity index (χ1n) is 8.49. The average Bonchev–Trinajstić information content (AvgIpc) is 3.31. The number of carbonyl (C=O) groups excluding carboxylic acids is 1. The summed E-state index contributed by atoms with van der Waals surface area (Å²) in [5, 5.41) is 6.90. The second-order valence-corrected chi connectivity index (χ2v) is 6.42. The highest BCUT2D eigenvalue weighted by atomic mass is 16.5. The zero-order chi connectivity index (χ0) is 18.3. The Labute approximate surface area is 150 Å². The summed E-state index contributed by atoms with van der Waals surface area (Å²) in [6, 6.07) is 5.92. The minimum absolute atomic E-state index is 0.279. The number of methoxy groups -OCH3 is 1. The first-order chi connectivity index (χ1) is 12.6. The molecule has 0 spiro atoms. The van der Waals surface area contributed by atoms with E-state index in [9.17, 15) is 4.79 Å². The third-order valence-electron chi connectivity index (χ3n) is 4.59. The van der Waals surface area contributed by atoms with Gasteiger partial charge < -0.3 is 14.6 Å². The molecule has 3 aromatic rings. The van der Waals surface area contributed by atoms with Crippen molar-refractivity contribution in [2.45, 2.75) is 25.8 Å². The Bertz CT molecular complexity index is 974. The number of aromatic nitrogens is 5. The van der Waals surface area contributed by atoms with Gasteiger partial charge in [0.2, 0.25) is 5.88 Å². The molecule has 1 N–H and O–H groups in total. The van der Waals surface area contributed by atoms with E-state index in [1.807, 2.05) is 18.3 Å². The molecule has 1 atom stereocenters. The van der Waals surface area contributed by atoms with Crippen molar-refractivity contribution in [2.75, 3.05) is 12.4 Å². The van der Waals surface area contributed by atoms with Crippen LogP contribution in [-0.4, -0.2) is 37.3 Å². The number of nitrogens with zero attached hydrogens (tertiary/aromatic N) is 5. The number of fused-ring (bicyclic) bond motifs is 1. The van der Waals surface area contributed by atoms with Crippen molar-refractivity contribution >= 4 is 11.7 Å². The summed E-state index contributed by atoms with van der Waals surface area (Å²) in [7, 11) is 3.22. The molecule has 1 aliphatic heterocycles. The van der Waals surface area contributed by atoms with E-state index < -0.39 is 0 Å². The largest absolute Gasteiger partial charge is 0.479 e. The maximum Gasteiger partial charge on any atom is 0.263 e. The van der Waals surface area contributed by atoms with E-state index >= 15 is 0 Å². The number of anilines is 1. The molecule has 0 saturated carbocycles. The van der Waals surface area contributed by atoms with Gasteiger partial charge in [-0.1, -0.05) is 6.07 Å². The van der Waals surface area contributed by atoms with E-state index in [0.717, 1.165) is 24.4 Å². The van der Waals surface area contributed by atoms with Crippen LogP contribution in [0.1, 0.15) is 35.4 Å². The number of hydrogen-bond donors (Lipinski definition) is 1.